The van der Waals surface area contributed by atoms with E-state index >= 15 is 0 Å². The van der Waals surface area contributed by atoms with Crippen LogP contribution in [0.1, 0.15) is 184 Å². The van der Waals surface area contributed by atoms with Crippen molar-refractivity contribution in [1.82, 2.24) is 21.3 Å². The number of Topliss-reactive ketones (excluding diaryl/α,β-unsaturated/α-hetero) is 2. The van der Waals surface area contributed by atoms with Crippen LogP contribution in [0.2, 0.25) is 0 Å². The van der Waals surface area contributed by atoms with Gasteiger partial charge in [0, 0.05) is 98.5 Å². The molecule has 0 fully saturated rings. The standard InChI is InChI=1S/C85H106N6O18S2/c1-84(2)67-33-17-19-35-72(67)90(51-21-23-53-110(103,104)105)75(84)48-42-62-31-25-32-63(43-49-76-85(3,4)68-34-18-20-36-73(68)91(76)52-22-24-54-111(106,107)108)79(62)109-66-45-40-61(41-46-66)57-71(82(100)101)87-77(94)38-16-8-6-5-7-15-37-74(93)70(56-60-29-13-10-14-30-60)88-80(97)64(55-59-27-11-9-12-28-59)58-65(92)44-47-69(81(98)99)89-83(102)86-50-26-39-78(95)96/h9-14,17-20,27-30,33-36,40-43,45-46,48-49,64,69-71H,5-8,15-16,21-26,31-32,37-39,44,47,50-58H2,1-4H3,(H8-,86,87,88,89,94,95,96,97,98,99,100,101,102,103,104,105,106,107,108)/p+1/t64-,69+,70+,71+/m1/s1. The van der Waals surface area contributed by atoms with Crippen molar-refractivity contribution in [2.24, 2.45) is 5.92 Å². The van der Waals surface area contributed by atoms with Crippen LogP contribution in [0.15, 0.2) is 180 Å². The van der Waals surface area contributed by atoms with Gasteiger partial charge in [-0.15, -0.1) is 0 Å². The molecule has 9 N–H and O–H groups in total. The van der Waals surface area contributed by atoms with Gasteiger partial charge < -0.3 is 46.2 Å². The van der Waals surface area contributed by atoms with Crippen molar-refractivity contribution >= 4 is 84.6 Å². The predicted octanol–water partition coefficient (Wildman–Crippen LogP) is 12.8. The van der Waals surface area contributed by atoms with Crippen LogP contribution in [0.5, 0.6) is 5.75 Å². The molecule has 596 valence electrons. The van der Waals surface area contributed by atoms with Crippen LogP contribution in [-0.4, -0.2) is 148 Å². The fourth-order valence-corrected chi connectivity index (χ4v) is 15.8. The summed E-state index contributed by atoms with van der Waals surface area (Å²) in [6.45, 7) is 9.64. The van der Waals surface area contributed by atoms with Gasteiger partial charge in [-0.25, -0.2) is 14.4 Å². The second-order valence-corrected chi connectivity index (χ2v) is 33.1. The third-order valence-corrected chi connectivity index (χ3v) is 22.3. The van der Waals surface area contributed by atoms with Crippen LogP contribution in [0, 0.1) is 5.92 Å². The van der Waals surface area contributed by atoms with Gasteiger partial charge in [-0.3, -0.25) is 33.1 Å². The monoisotopic (exact) mass is 1560 g/mol. The van der Waals surface area contributed by atoms with Crippen LogP contribution >= 0.6 is 0 Å². The van der Waals surface area contributed by atoms with Crippen LogP contribution in [-0.2, 0) is 83.9 Å². The minimum atomic E-state index is -4.14. The molecule has 0 saturated heterocycles. The van der Waals surface area contributed by atoms with Gasteiger partial charge in [0.2, 0.25) is 17.5 Å². The number of hydrogen-bond donors (Lipinski definition) is 9. The average molecular weight is 1560 g/mol. The van der Waals surface area contributed by atoms with E-state index in [0.717, 1.165) is 75.4 Å². The second-order valence-electron chi connectivity index (χ2n) is 29.9. The number of anilines is 1. The molecule has 0 bridgehead atoms. The van der Waals surface area contributed by atoms with E-state index in [2.05, 4.69) is 107 Å². The number of aliphatic carboxylic acids is 3. The van der Waals surface area contributed by atoms with E-state index in [0.29, 0.717) is 81.5 Å². The van der Waals surface area contributed by atoms with Crippen molar-refractivity contribution in [3.05, 3.63) is 208 Å². The fraction of sp³-hybridized carbons (Fsp3) is 0.447. The topological polar surface area (TPSA) is 370 Å². The molecule has 0 unspecified atom stereocenters. The normalized spacial score (nSPS) is 16.4. The molecule has 26 heteroatoms. The molecule has 2 aliphatic heterocycles. The Labute approximate surface area is 651 Å². The van der Waals surface area contributed by atoms with E-state index in [1.54, 1.807) is 36.4 Å². The number of urea groups is 1. The first-order valence-corrected chi connectivity index (χ1v) is 41.6. The minimum Gasteiger partial charge on any atom is -0.481 e. The number of nitrogens with zero attached hydrogens (tertiary/aromatic N) is 2. The molecule has 0 spiro atoms. The first-order valence-electron chi connectivity index (χ1n) is 38.4. The molecule has 4 amide bonds. The minimum absolute atomic E-state index is 0.00449. The van der Waals surface area contributed by atoms with Crippen molar-refractivity contribution in [2.75, 3.05) is 36.0 Å². The SMILES string of the molecule is CC1(C)C(=CC=C2CCCC(C=CC3=[N+](CCCCS(=O)(=O)O)c4ccccc4C3(C)C)=C2Oc2ccc(C[C@H](NC(=O)CCCCCCCCC(=O)[C@H](Cc3ccccc3)NC(=O)[C@@H](CC(=O)CC[C@H](NC(=O)NCCCC(=O)O)C(=O)O)Cc3ccccc3)C(=O)O)cc2)N(CCCCS(=O)(=O)O)c2ccccc21. The Hall–Kier alpha value is -9.89. The number of carbonyl (C=O) groups excluding carboxylic acids is 5. The number of ketones is 2. The number of benzene rings is 5. The summed E-state index contributed by atoms with van der Waals surface area (Å²) in [5.74, 6) is -5.63. The van der Waals surface area contributed by atoms with Crippen LogP contribution in [0.25, 0.3) is 0 Å². The molecule has 2 heterocycles. The van der Waals surface area contributed by atoms with Crippen LogP contribution < -0.4 is 30.9 Å². The molecule has 5 aromatic carbocycles. The molecule has 0 radical (unpaired) electrons. The highest BCUT2D eigenvalue weighted by Gasteiger charge is 2.45. The molecule has 8 rings (SSSR count). The van der Waals surface area contributed by atoms with Crippen molar-refractivity contribution in [3.63, 3.8) is 0 Å². The lowest BCUT2D eigenvalue weighted by molar-refractivity contribution is -0.438. The molecule has 4 atom stereocenters. The van der Waals surface area contributed by atoms with E-state index in [4.69, 9.17) is 9.84 Å². The maximum absolute atomic E-state index is 14.3. The highest BCUT2D eigenvalue weighted by atomic mass is 32.2. The number of ether oxygens (including phenoxy) is 1. The number of nitrogens with one attached hydrogen (secondary N) is 4. The number of carboxylic acid groups (broad SMARTS) is 3. The number of hydrogen-bond acceptors (Lipinski definition) is 14. The lowest BCUT2D eigenvalue weighted by Gasteiger charge is -2.27. The number of carboxylic acids is 3. The Balaban J connectivity index is 0.882. The predicted molar refractivity (Wildman–Crippen MR) is 425 cm³/mol. The van der Waals surface area contributed by atoms with E-state index in [9.17, 15) is 74.5 Å². The fourth-order valence-electron chi connectivity index (χ4n) is 14.7. The number of carbonyl (C=O) groups is 8. The average Bonchev–Trinajstić information content (AvgIpc) is 1.61. The Morgan fingerprint density at radius 2 is 1.14 bits per heavy atom. The summed E-state index contributed by atoms with van der Waals surface area (Å²) >= 11 is 0. The van der Waals surface area contributed by atoms with Crippen molar-refractivity contribution in [3.8, 4) is 5.75 Å². The first kappa shape index (κ1) is 86.7. The van der Waals surface area contributed by atoms with Crippen molar-refractivity contribution < 1.29 is 88.9 Å². The molecular formula is C85H107N6O18S2+. The molecule has 24 nitrogen and oxygen atoms in total. The Kier molecular flexibility index (Phi) is 32.3. The van der Waals surface area contributed by atoms with Crippen LogP contribution in [0.4, 0.5) is 16.2 Å². The highest BCUT2D eigenvalue weighted by Crippen LogP contribution is 2.48. The summed E-state index contributed by atoms with van der Waals surface area (Å²) in [5.41, 5.74) is 9.43. The Morgan fingerprint density at radius 3 is 1.79 bits per heavy atom. The van der Waals surface area contributed by atoms with Gasteiger partial charge in [0.25, 0.3) is 20.2 Å². The zero-order valence-electron chi connectivity index (χ0n) is 63.9. The summed E-state index contributed by atoms with van der Waals surface area (Å²) in [6.07, 6.45) is 15.7. The van der Waals surface area contributed by atoms with E-state index in [-0.39, 0.29) is 101 Å². The van der Waals surface area contributed by atoms with Gasteiger partial charge in [-0.05, 0) is 155 Å². The molecule has 0 aromatic heterocycles. The van der Waals surface area contributed by atoms with E-state index in [1.165, 1.54) is 0 Å². The second kappa shape index (κ2) is 41.4. The highest BCUT2D eigenvalue weighted by molar-refractivity contribution is 7.86. The zero-order chi connectivity index (χ0) is 80.3. The molecule has 1 aliphatic carbocycles. The lowest BCUT2D eigenvalue weighted by atomic mass is 9.81. The molecule has 111 heavy (non-hydrogen) atoms. The summed E-state index contributed by atoms with van der Waals surface area (Å²) in [5, 5.41) is 39.5. The summed E-state index contributed by atoms with van der Waals surface area (Å²) in [7, 11) is -8.28. The lowest BCUT2D eigenvalue weighted by Crippen LogP contribution is -2.46. The first-order chi connectivity index (χ1) is 52.9. The molecule has 3 aliphatic rings. The number of allylic oxidation sites excluding steroid dienone is 7. The van der Waals surface area contributed by atoms with E-state index < -0.39 is 96.6 Å². The molecular weight excluding hydrogens is 1460 g/mol. The van der Waals surface area contributed by atoms with Gasteiger partial charge >= 0.3 is 23.9 Å². The maximum Gasteiger partial charge on any atom is 0.326 e. The number of amides is 4. The van der Waals surface area contributed by atoms with Crippen molar-refractivity contribution in [2.45, 2.75) is 204 Å². The largest absolute Gasteiger partial charge is 0.481 e. The number of rotatable bonds is 46. The van der Waals surface area contributed by atoms with Gasteiger partial charge in [0.05, 0.1) is 23.0 Å². The smallest absolute Gasteiger partial charge is 0.326 e. The molecule has 5 aromatic rings. The van der Waals surface area contributed by atoms with Gasteiger partial charge in [-0.2, -0.15) is 21.4 Å². The summed E-state index contributed by atoms with van der Waals surface area (Å²) in [6, 6.07) is 37.2. The Morgan fingerprint density at radius 1 is 0.559 bits per heavy atom. The summed E-state index contributed by atoms with van der Waals surface area (Å²) < 4.78 is 75.1. The number of para-hydroxylation sites is 2. The van der Waals surface area contributed by atoms with Crippen LogP contribution in [0.3, 0.4) is 0 Å². The Bertz CT molecular complexity index is 4490. The number of fused-ring (bicyclic) bond motifs is 2. The number of unbranched alkanes of at least 4 members (excludes halogenated alkanes) is 7. The third kappa shape index (κ3) is 26.9. The summed E-state index contributed by atoms with van der Waals surface area (Å²) in [4.78, 5) is 106. The van der Waals surface area contributed by atoms with Crippen molar-refractivity contribution in [1.29, 1.82) is 0 Å². The third-order valence-electron chi connectivity index (χ3n) is 20.6. The quantitative estimate of drug-likeness (QED) is 0.00992. The maximum atomic E-state index is 14.3. The zero-order valence-corrected chi connectivity index (χ0v) is 65.5. The van der Waals surface area contributed by atoms with Gasteiger partial charge in [-0.1, -0.05) is 155 Å². The van der Waals surface area contributed by atoms with Gasteiger partial charge in [0.15, 0.2) is 11.5 Å². The van der Waals surface area contributed by atoms with E-state index in [1.807, 2.05) is 72.8 Å². The van der Waals surface area contributed by atoms with Gasteiger partial charge in [0.1, 0.15) is 35.9 Å². The molecule has 0 saturated carbocycles.